The van der Waals surface area contributed by atoms with E-state index < -0.39 is 0 Å². The number of thioether (sulfide) groups is 1. The van der Waals surface area contributed by atoms with Gasteiger partial charge in [-0.3, -0.25) is 0 Å². The molecule has 1 N–H and O–H groups in total. The first-order valence-electron chi connectivity index (χ1n) is 4.65. The molecule has 0 aromatic carbocycles. The van der Waals surface area contributed by atoms with Gasteiger partial charge in [-0.15, -0.1) is 18.2 Å². The second kappa shape index (κ2) is 6.39. The zero-order chi connectivity index (χ0) is 8.65. The Hall–Kier alpha value is -0.130. The Morgan fingerprint density at radius 2 is 2.25 bits per heavy atom. The lowest BCUT2D eigenvalue weighted by Gasteiger charge is -2.01. The van der Waals surface area contributed by atoms with Crippen molar-refractivity contribution in [1.82, 2.24) is 5.32 Å². The van der Waals surface area contributed by atoms with Crippen molar-refractivity contribution in [2.24, 2.45) is 5.92 Å². The van der Waals surface area contributed by atoms with Crippen molar-refractivity contribution < 1.29 is 0 Å². The molecule has 1 nitrogen and oxygen atoms in total. The minimum atomic E-state index is 0.851. The molecule has 1 rings (SSSR count). The van der Waals surface area contributed by atoms with Crippen LogP contribution in [0.2, 0.25) is 0 Å². The Labute approximate surface area is 79.7 Å². The molecule has 0 bridgehead atoms. The third kappa shape index (κ3) is 5.51. The van der Waals surface area contributed by atoms with Crippen LogP contribution in [0.5, 0.6) is 0 Å². The van der Waals surface area contributed by atoms with Gasteiger partial charge >= 0.3 is 0 Å². The molecule has 0 unspecified atom stereocenters. The van der Waals surface area contributed by atoms with E-state index in [1.807, 2.05) is 11.8 Å². The zero-order valence-corrected chi connectivity index (χ0v) is 8.33. The molecule has 1 aliphatic carbocycles. The molecule has 0 aromatic heterocycles. The molecular formula is C10H17NS. The lowest BCUT2D eigenvalue weighted by atomic mass is 10.3. The van der Waals surface area contributed by atoms with Gasteiger partial charge < -0.3 is 5.32 Å². The van der Waals surface area contributed by atoms with E-state index in [1.165, 1.54) is 25.8 Å². The Morgan fingerprint density at radius 3 is 2.92 bits per heavy atom. The van der Waals surface area contributed by atoms with Crippen LogP contribution in [0.15, 0.2) is 0 Å². The Bertz CT molecular complexity index is 146. The Kier molecular flexibility index (Phi) is 5.30. The normalized spacial score (nSPS) is 15.9. The second-order valence-electron chi connectivity index (χ2n) is 3.24. The summed E-state index contributed by atoms with van der Waals surface area (Å²) in [4.78, 5) is 0. The van der Waals surface area contributed by atoms with Crippen LogP contribution in [-0.2, 0) is 0 Å². The predicted molar refractivity (Wildman–Crippen MR) is 56.4 cm³/mol. The summed E-state index contributed by atoms with van der Waals surface area (Å²) in [6.45, 7) is 2.31. The molecule has 0 aromatic rings. The molecule has 12 heavy (non-hydrogen) atoms. The number of hydrogen-bond donors (Lipinski definition) is 1. The van der Waals surface area contributed by atoms with Crippen LogP contribution < -0.4 is 5.32 Å². The quantitative estimate of drug-likeness (QED) is 0.476. The van der Waals surface area contributed by atoms with E-state index >= 15 is 0 Å². The molecule has 1 aliphatic rings. The highest BCUT2D eigenvalue weighted by Gasteiger charge is 2.19. The van der Waals surface area contributed by atoms with Gasteiger partial charge in [-0.05, 0) is 18.9 Å². The molecule has 2 heteroatoms. The monoisotopic (exact) mass is 183 g/mol. The largest absolute Gasteiger partial charge is 0.316 e. The fraction of sp³-hybridized carbons (Fsp3) is 0.800. The lowest BCUT2D eigenvalue weighted by molar-refractivity contribution is 0.633. The topological polar surface area (TPSA) is 12.0 Å². The summed E-state index contributed by atoms with van der Waals surface area (Å²) >= 11 is 1.83. The highest BCUT2D eigenvalue weighted by molar-refractivity contribution is 7.99. The van der Waals surface area contributed by atoms with Crippen molar-refractivity contribution in [3.05, 3.63) is 0 Å². The van der Waals surface area contributed by atoms with Gasteiger partial charge in [0, 0.05) is 12.3 Å². The van der Waals surface area contributed by atoms with E-state index in [-0.39, 0.29) is 0 Å². The van der Waals surface area contributed by atoms with Gasteiger partial charge in [0.25, 0.3) is 0 Å². The summed E-state index contributed by atoms with van der Waals surface area (Å²) in [5.74, 6) is 5.67. The van der Waals surface area contributed by atoms with E-state index in [9.17, 15) is 0 Å². The molecule has 0 aliphatic heterocycles. The van der Waals surface area contributed by atoms with Crippen LogP contribution in [-0.4, -0.2) is 24.6 Å². The maximum absolute atomic E-state index is 5.13. The maximum Gasteiger partial charge on any atom is 0.0545 e. The van der Waals surface area contributed by atoms with Gasteiger partial charge in [-0.25, -0.2) is 0 Å². The van der Waals surface area contributed by atoms with Crippen molar-refractivity contribution in [3.8, 4) is 12.3 Å². The fourth-order valence-corrected chi connectivity index (χ4v) is 1.66. The first-order chi connectivity index (χ1) is 5.93. The molecule has 0 heterocycles. The molecule has 0 saturated heterocycles. The van der Waals surface area contributed by atoms with E-state index in [0.29, 0.717) is 0 Å². The van der Waals surface area contributed by atoms with Crippen LogP contribution >= 0.6 is 11.8 Å². The number of terminal acetylenes is 1. The minimum absolute atomic E-state index is 0.851. The third-order valence-electron chi connectivity index (χ3n) is 2.03. The van der Waals surface area contributed by atoms with Gasteiger partial charge in [0.05, 0.1) is 5.75 Å². The van der Waals surface area contributed by atoms with Gasteiger partial charge in [0.15, 0.2) is 0 Å². The maximum atomic E-state index is 5.13. The third-order valence-corrected chi connectivity index (χ3v) is 2.90. The van der Waals surface area contributed by atoms with Crippen molar-refractivity contribution in [1.29, 1.82) is 0 Å². The molecule has 1 saturated carbocycles. The van der Waals surface area contributed by atoms with Crippen LogP contribution in [0.1, 0.15) is 19.3 Å². The van der Waals surface area contributed by atoms with Gasteiger partial charge in [0.2, 0.25) is 0 Å². The summed E-state index contributed by atoms with van der Waals surface area (Å²) in [6, 6.07) is 0. The summed E-state index contributed by atoms with van der Waals surface area (Å²) < 4.78 is 0. The molecule has 0 amide bonds. The van der Waals surface area contributed by atoms with Crippen LogP contribution in [0.3, 0.4) is 0 Å². The molecule has 0 radical (unpaired) electrons. The zero-order valence-electron chi connectivity index (χ0n) is 7.51. The Morgan fingerprint density at radius 1 is 1.42 bits per heavy atom. The van der Waals surface area contributed by atoms with Crippen molar-refractivity contribution in [3.63, 3.8) is 0 Å². The molecule has 68 valence electrons. The highest BCUT2D eigenvalue weighted by atomic mass is 32.2. The first-order valence-corrected chi connectivity index (χ1v) is 5.81. The minimum Gasteiger partial charge on any atom is -0.316 e. The van der Waals surface area contributed by atoms with E-state index in [1.54, 1.807) is 0 Å². The van der Waals surface area contributed by atoms with Crippen molar-refractivity contribution >= 4 is 11.8 Å². The first kappa shape index (κ1) is 9.95. The standard InChI is InChI=1S/C10H17NS/c1-2-8-12-9-7-11-6-5-10-3-4-10/h1,10-11H,3-9H2. The van der Waals surface area contributed by atoms with Gasteiger partial charge in [-0.1, -0.05) is 18.8 Å². The van der Waals surface area contributed by atoms with Crippen molar-refractivity contribution in [2.75, 3.05) is 24.6 Å². The second-order valence-corrected chi connectivity index (χ2v) is 4.34. The molecule has 0 atom stereocenters. The summed E-state index contributed by atoms with van der Waals surface area (Å²) in [5, 5.41) is 3.43. The fourth-order valence-electron chi connectivity index (χ4n) is 1.11. The highest BCUT2D eigenvalue weighted by Crippen LogP contribution is 2.31. The number of hydrogen-bond acceptors (Lipinski definition) is 2. The SMILES string of the molecule is C#CCSCCNCCC1CC1. The number of nitrogens with one attached hydrogen (secondary N) is 1. The predicted octanol–water partition coefficient (Wildman–Crippen LogP) is 1.74. The van der Waals surface area contributed by atoms with Gasteiger partial charge in [0.1, 0.15) is 0 Å². The smallest absolute Gasteiger partial charge is 0.0545 e. The summed E-state index contributed by atoms with van der Waals surface area (Å²) in [7, 11) is 0. The van der Waals surface area contributed by atoms with Crippen LogP contribution in [0.25, 0.3) is 0 Å². The Balaban J connectivity index is 1.68. The molecule has 1 fully saturated rings. The molecule has 0 spiro atoms. The summed E-state index contributed by atoms with van der Waals surface area (Å²) in [5.41, 5.74) is 0. The molecular weight excluding hydrogens is 166 g/mol. The number of rotatable bonds is 7. The van der Waals surface area contributed by atoms with Crippen LogP contribution in [0, 0.1) is 18.3 Å². The van der Waals surface area contributed by atoms with E-state index in [0.717, 1.165) is 24.0 Å². The van der Waals surface area contributed by atoms with E-state index in [4.69, 9.17) is 6.42 Å². The lowest BCUT2D eigenvalue weighted by Crippen LogP contribution is -2.18. The average molecular weight is 183 g/mol. The van der Waals surface area contributed by atoms with Gasteiger partial charge in [-0.2, -0.15) is 0 Å². The van der Waals surface area contributed by atoms with Crippen LogP contribution in [0.4, 0.5) is 0 Å². The summed E-state index contributed by atoms with van der Waals surface area (Å²) in [6.07, 6.45) is 9.43. The van der Waals surface area contributed by atoms with E-state index in [2.05, 4.69) is 11.2 Å². The average Bonchev–Trinajstić information content (AvgIpc) is 2.87. The van der Waals surface area contributed by atoms with Crippen molar-refractivity contribution in [2.45, 2.75) is 19.3 Å².